The minimum Gasteiger partial charge on any atom is -0.481 e. The second-order valence-corrected chi connectivity index (χ2v) is 6.13. The van der Waals surface area contributed by atoms with E-state index >= 15 is 0 Å². The van der Waals surface area contributed by atoms with Gasteiger partial charge in [0, 0.05) is 0 Å². The molecule has 2 rings (SSSR count). The third-order valence-corrected chi connectivity index (χ3v) is 4.22. The number of hydrogen-bond acceptors (Lipinski definition) is 10. The number of urea groups is 1. The first-order valence-corrected chi connectivity index (χ1v) is 8.24. The minimum atomic E-state index is -4.43. The Labute approximate surface area is 147 Å². The van der Waals surface area contributed by atoms with Crippen LogP contribution in [0, 0.1) is 0 Å². The van der Waals surface area contributed by atoms with E-state index in [2.05, 4.69) is 20.0 Å². The number of carbonyl (C=O) groups excluding carboxylic acids is 2. The van der Waals surface area contributed by atoms with E-state index in [-0.39, 0.29) is 23.3 Å². The Kier molecular flexibility index (Phi) is 5.61. The van der Waals surface area contributed by atoms with Crippen LogP contribution in [0.15, 0.2) is 27.9 Å². The van der Waals surface area contributed by atoms with Gasteiger partial charge in [0.2, 0.25) is 17.7 Å². The summed E-state index contributed by atoms with van der Waals surface area (Å²) in [5.74, 6) is -1.05. The second-order valence-electron chi connectivity index (χ2n) is 4.48. The summed E-state index contributed by atoms with van der Waals surface area (Å²) in [6, 6.07) is 0.172. The zero-order valence-electron chi connectivity index (χ0n) is 13.8. The molecule has 0 aliphatic heterocycles. The Morgan fingerprint density at radius 1 is 1.08 bits per heavy atom. The Morgan fingerprint density at radius 3 is 2.23 bits per heavy atom. The standard InChI is InChI=1S/C13H14N4O8S/c1-22-9-4-10(23-2)15-12(14-9)16-13(19)17-26(20,21)8-6-25-5-7(8)11(18)24-3/h4-6H,1-3H3,(H2,14,15,16,17,19). The maximum atomic E-state index is 12.3. The summed E-state index contributed by atoms with van der Waals surface area (Å²) in [7, 11) is -0.686. The lowest BCUT2D eigenvalue weighted by Crippen LogP contribution is -2.35. The molecule has 0 fully saturated rings. The van der Waals surface area contributed by atoms with E-state index in [0.29, 0.717) is 0 Å². The van der Waals surface area contributed by atoms with E-state index in [9.17, 15) is 18.0 Å². The molecule has 0 bridgehead atoms. The molecule has 13 heteroatoms. The molecule has 0 aliphatic rings. The van der Waals surface area contributed by atoms with E-state index in [4.69, 9.17) is 13.9 Å². The maximum absolute atomic E-state index is 12.3. The number of amides is 2. The van der Waals surface area contributed by atoms with Gasteiger partial charge in [-0.3, -0.25) is 5.32 Å². The quantitative estimate of drug-likeness (QED) is 0.665. The zero-order chi connectivity index (χ0) is 19.3. The van der Waals surface area contributed by atoms with Crippen LogP contribution in [0.25, 0.3) is 0 Å². The van der Waals surface area contributed by atoms with Crippen molar-refractivity contribution in [3.8, 4) is 11.8 Å². The Hall–Kier alpha value is -3.35. The Morgan fingerprint density at radius 2 is 1.69 bits per heavy atom. The number of rotatable bonds is 6. The van der Waals surface area contributed by atoms with Crippen LogP contribution < -0.4 is 19.5 Å². The van der Waals surface area contributed by atoms with Crippen molar-refractivity contribution in [3.05, 3.63) is 24.2 Å². The van der Waals surface area contributed by atoms with Crippen molar-refractivity contribution in [2.24, 2.45) is 0 Å². The first kappa shape index (κ1) is 19.0. The molecule has 0 aliphatic carbocycles. The molecule has 0 spiro atoms. The smallest absolute Gasteiger partial charge is 0.342 e. The molecule has 2 aromatic rings. The van der Waals surface area contributed by atoms with E-state index in [1.807, 2.05) is 0 Å². The van der Waals surface area contributed by atoms with E-state index in [1.54, 1.807) is 4.72 Å². The normalized spacial score (nSPS) is 10.7. The number of furan rings is 1. The highest BCUT2D eigenvalue weighted by molar-refractivity contribution is 7.90. The number of aromatic nitrogens is 2. The van der Waals surface area contributed by atoms with Crippen molar-refractivity contribution in [1.82, 2.24) is 14.7 Å². The van der Waals surface area contributed by atoms with Gasteiger partial charge in [0.05, 0.1) is 27.4 Å². The van der Waals surface area contributed by atoms with Crippen LogP contribution in [0.3, 0.4) is 0 Å². The van der Waals surface area contributed by atoms with Crippen LogP contribution in [0.4, 0.5) is 10.7 Å². The van der Waals surface area contributed by atoms with Gasteiger partial charge in [0.15, 0.2) is 0 Å². The molecule has 0 atom stereocenters. The van der Waals surface area contributed by atoms with Crippen LogP contribution in [0.1, 0.15) is 10.4 Å². The number of carbonyl (C=O) groups is 2. The summed E-state index contributed by atoms with van der Waals surface area (Å²) in [4.78, 5) is 30.6. The molecule has 0 saturated heterocycles. The number of ether oxygens (including phenoxy) is 3. The summed E-state index contributed by atoms with van der Waals surface area (Å²) < 4.78 is 45.2. The van der Waals surface area contributed by atoms with Gasteiger partial charge in [-0.1, -0.05) is 0 Å². The van der Waals surface area contributed by atoms with Gasteiger partial charge >= 0.3 is 12.0 Å². The lowest BCUT2D eigenvalue weighted by Gasteiger charge is -2.09. The summed E-state index contributed by atoms with van der Waals surface area (Å²) in [5, 5.41) is 2.11. The van der Waals surface area contributed by atoms with Gasteiger partial charge in [-0.15, -0.1) is 0 Å². The molecule has 140 valence electrons. The molecule has 2 aromatic heterocycles. The van der Waals surface area contributed by atoms with Crippen molar-refractivity contribution < 1.29 is 36.6 Å². The summed E-state index contributed by atoms with van der Waals surface area (Å²) >= 11 is 0. The van der Waals surface area contributed by atoms with Gasteiger partial charge in [0.25, 0.3) is 10.0 Å². The average Bonchev–Trinajstić information content (AvgIpc) is 3.10. The van der Waals surface area contributed by atoms with E-state index in [1.165, 1.54) is 20.3 Å². The van der Waals surface area contributed by atoms with E-state index in [0.717, 1.165) is 19.6 Å². The lowest BCUT2D eigenvalue weighted by molar-refractivity contribution is 0.0596. The van der Waals surface area contributed by atoms with Crippen molar-refractivity contribution in [1.29, 1.82) is 0 Å². The fourth-order valence-electron chi connectivity index (χ4n) is 1.73. The molecule has 2 heterocycles. The van der Waals surface area contributed by atoms with Crippen LogP contribution in [-0.4, -0.2) is 51.7 Å². The van der Waals surface area contributed by atoms with Crippen LogP contribution in [0.5, 0.6) is 11.8 Å². The van der Waals surface area contributed by atoms with Crippen molar-refractivity contribution in [3.63, 3.8) is 0 Å². The van der Waals surface area contributed by atoms with Gasteiger partial charge in [-0.05, 0) is 0 Å². The van der Waals surface area contributed by atoms with Crippen LogP contribution in [-0.2, 0) is 14.8 Å². The number of nitrogens with one attached hydrogen (secondary N) is 2. The predicted molar refractivity (Wildman–Crippen MR) is 84.5 cm³/mol. The van der Waals surface area contributed by atoms with Gasteiger partial charge in [-0.25, -0.2) is 22.7 Å². The molecule has 0 unspecified atom stereocenters. The Balaban J connectivity index is 2.20. The topological polar surface area (TPSA) is 159 Å². The first-order valence-electron chi connectivity index (χ1n) is 6.76. The third-order valence-electron chi connectivity index (χ3n) is 2.87. The van der Waals surface area contributed by atoms with Crippen LogP contribution in [0.2, 0.25) is 0 Å². The highest BCUT2D eigenvalue weighted by atomic mass is 32.2. The molecule has 0 radical (unpaired) electrons. The van der Waals surface area contributed by atoms with Crippen LogP contribution >= 0.6 is 0 Å². The molecular formula is C13H14N4O8S. The summed E-state index contributed by atoms with van der Waals surface area (Å²) in [6.45, 7) is 0. The van der Waals surface area contributed by atoms with Gasteiger partial charge in [0.1, 0.15) is 23.0 Å². The highest BCUT2D eigenvalue weighted by Gasteiger charge is 2.27. The molecule has 26 heavy (non-hydrogen) atoms. The summed E-state index contributed by atoms with van der Waals surface area (Å²) in [6.07, 6.45) is 1.67. The first-order chi connectivity index (χ1) is 12.3. The maximum Gasteiger partial charge on any atom is 0.342 e. The SMILES string of the molecule is COC(=O)c1cocc1S(=O)(=O)NC(=O)Nc1nc(OC)cc(OC)n1. The molecule has 2 amide bonds. The fourth-order valence-corrected chi connectivity index (χ4v) is 2.73. The number of hydrogen-bond donors (Lipinski definition) is 2. The number of sulfonamides is 1. The van der Waals surface area contributed by atoms with Crippen molar-refractivity contribution in [2.75, 3.05) is 26.6 Å². The molecule has 12 nitrogen and oxygen atoms in total. The molecular weight excluding hydrogens is 372 g/mol. The molecule has 0 aromatic carbocycles. The lowest BCUT2D eigenvalue weighted by atomic mass is 10.3. The Bertz CT molecular complexity index is 902. The number of anilines is 1. The van der Waals surface area contributed by atoms with Gasteiger partial charge < -0.3 is 18.6 Å². The predicted octanol–water partition coefficient (Wildman–Crippen LogP) is 0.384. The number of nitrogens with zero attached hydrogens (tertiary/aromatic N) is 2. The monoisotopic (exact) mass is 386 g/mol. The molecule has 2 N–H and O–H groups in total. The van der Waals surface area contributed by atoms with Crippen molar-refractivity contribution >= 4 is 28.0 Å². The zero-order valence-corrected chi connectivity index (χ0v) is 14.6. The largest absolute Gasteiger partial charge is 0.481 e. The van der Waals surface area contributed by atoms with E-state index < -0.39 is 26.9 Å². The second kappa shape index (κ2) is 7.69. The van der Waals surface area contributed by atoms with Gasteiger partial charge in [-0.2, -0.15) is 9.97 Å². The highest BCUT2D eigenvalue weighted by Crippen LogP contribution is 2.19. The van der Waals surface area contributed by atoms with Crippen molar-refractivity contribution in [2.45, 2.75) is 4.90 Å². The minimum absolute atomic E-state index is 0.0813. The fraction of sp³-hybridized carbons (Fsp3) is 0.231. The average molecular weight is 386 g/mol. The summed E-state index contributed by atoms with van der Waals surface area (Å²) in [5.41, 5.74) is -0.368. The number of methoxy groups -OCH3 is 3. The third kappa shape index (κ3) is 4.18. The molecule has 0 saturated carbocycles. The number of esters is 1.